The Hall–Kier alpha value is -0.650. The quantitative estimate of drug-likeness (QED) is 0.803. The zero-order chi connectivity index (χ0) is 14.9. The molecule has 0 aliphatic carbocycles. The molecule has 0 amide bonds. The van der Waals surface area contributed by atoms with E-state index in [4.69, 9.17) is 9.47 Å². The minimum atomic E-state index is -0.879. The summed E-state index contributed by atoms with van der Waals surface area (Å²) in [5.41, 5.74) is -1.28. The van der Waals surface area contributed by atoms with Gasteiger partial charge in [-0.1, -0.05) is 20.8 Å². The van der Waals surface area contributed by atoms with Crippen molar-refractivity contribution in [2.24, 2.45) is 5.41 Å². The SMILES string of the molecule is CC[C@]1(CC(=O)O)OC(C)(C)O[C@@H](CCO)C1(C)C. The van der Waals surface area contributed by atoms with E-state index in [0.717, 1.165) is 0 Å². The van der Waals surface area contributed by atoms with Gasteiger partial charge in [-0.3, -0.25) is 4.79 Å². The molecule has 1 rings (SSSR count). The maximum absolute atomic E-state index is 11.2. The molecule has 0 aromatic heterocycles. The molecule has 1 aliphatic rings. The monoisotopic (exact) mass is 274 g/mol. The smallest absolute Gasteiger partial charge is 0.306 e. The van der Waals surface area contributed by atoms with Gasteiger partial charge in [0.05, 0.1) is 18.1 Å². The predicted octanol–water partition coefficient (Wildman–Crippen LogP) is 2.17. The number of rotatable bonds is 5. The van der Waals surface area contributed by atoms with Crippen molar-refractivity contribution in [3.05, 3.63) is 0 Å². The molecule has 5 nitrogen and oxygen atoms in total. The summed E-state index contributed by atoms with van der Waals surface area (Å²) in [7, 11) is 0. The first-order valence-corrected chi connectivity index (χ1v) is 6.81. The molecule has 1 heterocycles. The first-order valence-electron chi connectivity index (χ1n) is 6.81. The van der Waals surface area contributed by atoms with Crippen molar-refractivity contribution in [2.75, 3.05) is 6.61 Å². The van der Waals surface area contributed by atoms with Gasteiger partial charge in [-0.2, -0.15) is 0 Å². The van der Waals surface area contributed by atoms with Crippen LogP contribution in [0.25, 0.3) is 0 Å². The third kappa shape index (κ3) is 3.09. The second-order valence-corrected chi connectivity index (χ2v) is 6.26. The van der Waals surface area contributed by atoms with Gasteiger partial charge in [0, 0.05) is 12.0 Å². The molecule has 112 valence electrons. The fraction of sp³-hybridized carbons (Fsp3) is 0.929. The van der Waals surface area contributed by atoms with Crippen LogP contribution in [0.3, 0.4) is 0 Å². The number of carboxylic acids is 1. The number of aliphatic carboxylic acids is 1. The van der Waals surface area contributed by atoms with Crippen LogP contribution in [0.2, 0.25) is 0 Å². The lowest BCUT2D eigenvalue weighted by Crippen LogP contribution is -2.64. The zero-order valence-electron chi connectivity index (χ0n) is 12.5. The molecule has 1 saturated heterocycles. The van der Waals surface area contributed by atoms with Crippen LogP contribution in [0, 0.1) is 5.41 Å². The Morgan fingerprint density at radius 1 is 1.26 bits per heavy atom. The highest BCUT2D eigenvalue weighted by atomic mass is 16.7. The topological polar surface area (TPSA) is 76.0 Å². The molecular weight excluding hydrogens is 248 g/mol. The van der Waals surface area contributed by atoms with Crippen LogP contribution in [0.1, 0.15) is 53.9 Å². The summed E-state index contributed by atoms with van der Waals surface area (Å²) in [5, 5.41) is 18.4. The zero-order valence-corrected chi connectivity index (χ0v) is 12.5. The molecule has 0 aromatic rings. The summed E-state index contributed by atoms with van der Waals surface area (Å²) < 4.78 is 11.9. The Morgan fingerprint density at radius 3 is 2.26 bits per heavy atom. The minimum Gasteiger partial charge on any atom is -0.481 e. The standard InChI is InChI=1S/C14H26O5/c1-6-14(9-11(16)17)12(2,3)10(7-8-15)18-13(4,5)19-14/h10,15H,6-9H2,1-5H3,(H,16,17)/t10-,14+/m0/s1. The van der Waals surface area contributed by atoms with Gasteiger partial charge in [0.2, 0.25) is 0 Å². The fourth-order valence-corrected chi connectivity index (χ4v) is 3.11. The molecular formula is C14H26O5. The maximum Gasteiger partial charge on any atom is 0.306 e. The van der Waals surface area contributed by atoms with Crippen LogP contribution in [-0.2, 0) is 14.3 Å². The highest BCUT2D eigenvalue weighted by Gasteiger charge is 2.58. The maximum atomic E-state index is 11.2. The molecule has 1 aliphatic heterocycles. The lowest BCUT2D eigenvalue weighted by Gasteiger charge is -2.58. The van der Waals surface area contributed by atoms with Crippen LogP contribution >= 0.6 is 0 Å². The number of aliphatic hydroxyl groups is 1. The van der Waals surface area contributed by atoms with E-state index in [2.05, 4.69) is 0 Å². The Morgan fingerprint density at radius 2 is 1.84 bits per heavy atom. The number of aliphatic hydroxyl groups excluding tert-OH is 1. The van der Waals surface area contributed by atoms with Crippen molar-refractivity contribution in [3.63, 3.8) is 0 Å². The van der Waals surface area contributed by atoms with Crippen molar-refractivity contribution < 1.29 is 24.5 Å². The molecule has 0 unspecified atom stereocenters. The average molecular weight is 274 g/mol. The van der Waals surface area contributed by atoms with Crippen molar-refractivity contribution in [3.8, 4) is 0 Å². The van der Waals surface area contributed by atoms with E-state index in [1.165, 1.54) is 0 Å². The first kappa shape index (κ1) is 16.4. The Labute approximate surface area is 114 Å². The molecule has 0 bridgehead atoms. The van der Waals surface area contributed by atoms with Gasteiger partial charge in [-0.15, -0.1) is 0 Å². The van der Waals surface area contributed by atoms with Crippen molar-refractivity contribution in [1.29, 1.82) is 0 Å². The molecule has 19 heavy (non-hydrogen) atoms. The van der Waals surface area contributed by atoms with E-state index in [-0.39, 0.29) is 19.1 Å². The van der Waals surface area contributed by atoms with Gasteiger partial charge in [-0.05, 0) is 26.7 Å². The molecule has 0 radical (unpaired) electrons. The summed E-state index contributed by atoms with van der Waals surface area (Å²) in [6.07, 6.45) is 0.758. The van der Waals surface area contributed by atoms with Crippen LogP contribution < -0.4 is 0 Å². The number of carboxylic acid groups (broad SMARTS) is 1. The van der Waals surface area contributed by atoms with Gasteiger partial charge in [0.15, 0.2) is 5.79 Å². The van der Waals surface area contributed by atoms with Crippen molar-refractivity contribution >= 4 is 5.97 Å². The largest absolute Gasteiger partial charge is 0.481 e. The summed E-state index contributed by atoms with van der Waals surface area (Å²) >= 11 is 0. The lowest BCUT2D eigenvalue weighted by atomic mass is 9.65. The molecule has 0 aromatic carbocycles. The van der Waals surface area contributed by atoms with Gasteiger partial charge >= 0.3 is 5.97 Å². The van der Waals surface area contributed by atoms with E-state index in [0.29, 0.717) is 12.8 Å². The van der Waals surface area contributed by atoms with Crippen LogP contribution in [-0.4, -0.2) is 40.3 Å². The van der Waals surface area contributed by atoms with Crippen LogP contribution in [0.15, 0.2) is 0 Å². The highest BCUT2D eigenvalue weighted by molar-refractivity contribution is 5.68. The normalized spacial score (nSPS) is 33.1. The minimum absolute atomic E-state index is 0.0110. The van der Waals surface area contributed by atoms with Gasteiger partial charge in [-0.25, -0.2) is 0 Å². The highest BCUT2D eigenvalue weighted by Crippen LogP contribution is 2.51. The van der Waals surface area contributed by atoms with Gasteiger partial charge in [0.1, 0.15) is 0 Å². The van der Waals surface area contributed by atoms with Crippen molar-refractivity contribution in [2.45, 2.75) is 71.4 Å². The van der Waals surface area contributed by atoms with E-state index < -0.39 is 22.8 Å². The van der Waals surface area contributed by atoms with E-state index in [1.807, 2.05) is 20.8 Å². The fourth-order valence-electron chi connectivity index (χ4n) is 3.11. The lowest BCUT2D eigenvalue weighted by molar-refractivity contribution is -0.381. The van der Waals surface area contributed by atoms with E-state index >= 15 is 0 Å². The Bertz CT molecular complexity index is 337. The molecule has 5 heteroatoms. The van der Waals surface area contributed by atoms with Crippen LogP contribution in [0.4, 0.5) is 0 Å². The van der Waals surface area contributed by atoms with Crippen molar-refractivity contribution in [1.82, 2.24) is 0 Å². The van der Waals surface area contributed by atoms with E-state index in [9.17, 15) is 15.0 Å². The number of hydrogen-bond acceptors (Lipinski definition) is 4. The van der Waals surface area contributed by atoms with Crippen LogP contribution in [0.5, 0.6) is 0 Å². The summed E-state index contributed by atoms with van der Waals surface area (Å²) in [5.74, 6) is -1.73. The van der Waals surface area contributed by atoms with Gasteiger partial charge < -0.3 is 19.7 Å². The average Bonchev–Trinajstić information content (AvgIpc) is 2.24. The Balaban J connectivity index is 3.19. The van der Waals surface area contributed by atoms with Gasteiger partial charge in [0.25, 0.3) is 0 Å². The molecule has 1 fully saturated rings. The predicted molar refractivity (Wildman–Crippen MR) is 70.8 cm³/mol. The molecule has 0 saturated carbocycles. The number of hydrogen-bond donors (Lipinski definition) is 2. The molecule has 0 spiro atoms. The molecule has 2 atom stereocenters. The first-order chi connectivity index (χ1) is 8.60. The van der Waals surface area contributed by atoms with E-state index in [1.54, 1.807) is 13.8 Å². The third-order valence-electron chi connectivity index (χ3n) is 4.25. The Kier molecular flexibility index (Phi) is 4.65. The number of carbonyl (C=O) groups is 1. The second-order valence-electron chi connectivity index (χ2n) is 6.26. The molecule has 2 N–H and O–H groups in total. The second kappa shape index (κ2) is 5.38. The third-order valence-corrected chi connectivity index (χ3v) is 4.25. The summed E-state index contributed by atoms with van der Waals surface area (Å²) in [6.45, 7) is 9.43. The summed E-state index contributed by atoms with van der Waals surface area (Å²) in [4.78, 5) is 11.2. The summed E-state index contributed by atoms with van der Waals surface area (Å²) in [6, 6.07) is 0. The number of ether oxygens (including phenoxy) is 2.